The van der Waals surface area contributed by atoms with Gasteiger partial charge in [0.05, 0.1) is 13.7 Å². The number of hydrogen-bond donors (Lipinski definition) is 1. The molecule has 1 N–H and O–H groups in total. The van der Waals surface area contributed by atoms with Crippen molar-refractivity contribution in [1.29, 1.82) is 0 Å². The van der Waals surface area contributed by atoms with Gasteiger partial charge in [0, 0.05) is 13.1 Å². The summed E-state index contributed by atoms with van der Waals surface area (Å²) in [4.78, 5) is 2.52. The molecule has 1 saturated heterocycles. The van der Waals surface area contributed by atoms with Gasteiger partial charge in [-0.3, -0.25) is 0 Å². The molecule has 0 aromatic carbocycles. The molecule has 0 atom stereocenters. The highest BCUT2D eigenvalue weighted by atomic mass is 28.3. The van der Waals surface area contributed by atoms with Crippen molar-refractivity contribution in [3.63, 3.8) is 0 Å². The fourth-order valence-corrected chi connectivity index (χ4v) is 3.52. The van der Waals surface area contributed by atoms with Crippen LogP contribution in [0.1, 0.15) is 19.8 Å². The van der Waals surface area contributed by atoms with E-state index in [0.717, 1.165) is 25.9 Å². The molecule has 0 aromatic heterocycles. The van der Waals surface area contributed by atoms with Crippen molar-refractivity contribution >= 4 is 8.07 Å². The van der Waals surface area contributed by atoms with E-state index in [1.807, 2.05) is 6.92 Å². The van der Waals surface area contributed by atoms with Gasteiger partial charge in [0.15, 0.2) is 0 Å². The van der Waals surface area contributed by atoms with Crippen molar-refractivity contribution in [2.45, 2.75) is 45.0 Å². The van der Waals surface area contributed by atoms with Crippen molar-refractivity contribution in [2.75, 3.05) is 19.3 Å². The van der Waals surface area contributed by atoms with E-state index in [0.29, 0.717) is 0 Å². The number of hydrogen-bond acceptors (Lipinski definition) is 2. The van der Waals surface area contributed by atoms with Gasteiger partial charge >= 0.3 is 0 Å². The largest absolute Gasteiger partial charge is 0.390 e. The molecule has 1 aliphatic rings. The summed E-state index contributed by atoms with van der Waals surface area (Å²) >= 11 is 0. The third-order valence-electron chi connectivity index (χ3n) is 2.63. The van der Waals surface area contributed by atoms with Crippen LogP contribution in [0.2, 0.25) is 19.6 Å². The third-order valence-corrected chi connectivity index (χ3v) is 4.03. The minimum absolute atomic E-state index is 0.393. The lowest BCUT2D eigenvalue weighted by atomic mass is 9.94. The Morgan fingerprint density at radius 3 is 2.08 bits per heavy atom. The molecule has 0 aliphatic carbocycles. The van der Waals surface area contributed by atoms with Crippen LogP contribution >= 0.6 is 0 Å². The molecule has 0 aromatic rings. The van der Waals surface area contributed by atoms with Crippen molar-refractivity contribution in [3.8, 4) is 0 Å². The molecule has 78 valence electrons. The Bertz CT molecular complexity index is 164. The summed E-state index contributed by atoms with van der Waals surface area (Å²) in [5.41, 5.74) is -0.393. The average molecular weight is 201 g/mol. The van der Waals surface area contributed by atoms with Crippen LogP contribution in [0, 0.1) is 0 Å². The molecule has 0 bridgehead atoms. The second-order valence-corrected chi connectivity index (χ2v) is 11.3. The van der Waals surface area contributed by atoms with Crippen LogP contribution in [0.5, 0.6) is 0 Å². The Morgan fingerprint density at radius 1 is 1.23 bits per heavy atom. The lowest BCUT2D eigenvalue weighted by Crippen LogP contribution is -2.48. The van der Waals surface area contributed by atoms with Gasteiger partial charge in [0.1, 0.15) is 0 Å². The summed E-state index contributed by atoms with van der Waals surface area (Å²) in [7, 11) is -0.947. The monoisotopic (exact) mass is 201 g/mol. The highest BCUT2D eigenvalue weighted by Gasteiger charge is 2.29. The quantitative estimate of drug-likeness (QED) is 0.688. The fourth-order valence-electron chi connectivity index (χ4n) is 1.86. The van der Waals surface area contributed by atoms with Crippen LogP contribution in [0.15, 0.2) is 0 Å². The van der Waals surface area contributed by atoms with Crippen LogP contribution in [-0.4, -0.2) is 42.9 Å². The Hall–Kier alpha value is 0.137. The highest BCUT2D eigenvalue weighted by Crippen LogP contribution is 2.21. The number of aliphatic hydroxyl groups is 1. The summed E-state index contributed by atoms with van der Waals surface area (Å²) in [6, 6.07) is 0. The lowest BCUT2D eigenvalue weighted by Gasteiger charge is -2.38. The molecule has 1 rings (SSSR count). The Morgan fingerprint density at radius 2 is 1.69 bits per heavy atom. The summed E-state index contributed by atoms with van der Waals surface area (Å²) < 4.78 is 0. The van der Waals surface area contributed by atoms with Gasteiger partial charge in [0.25, 0.3) is 0 Å². The molecule has 0 amide bonds. The van der Waals surface area contributed by atoms with E-state index in [2.05, 4.69) is 24.5 Å². The molecule has 1 aliphatic heterocycles. The maximum absolute atomic E-state index is 9.78. The summed E-state index contributed by atoms with van der Waals surface area (Å²) in [6.07, 6.45) is 3.16. The maximum Gasteiger partial charge on any atom is 0.0644 e. The summed E-state index contributed by atoms with van der Waals surface area (Å²) in [5.74, 6) is 0. The number of rotatable bonds is 2. The third kappa shape index (κ3) is 4.25. The van der Waals surface area contributed by atoms with Gasteiger partial charge in [-0.25, -0.2) is 0 Å². The van der Waals surface area contributed by atoms with E-state index in [-0.39, 0.29) is 0 Å². The molecule has 13 heavy (non-hydrogen) atoms. The van der Waals surface area contributed by atoms with Crippen LogP contribution in [-0.2, 0) is 0 Å². The van der Waals surface area contributed by atoms with Gasteiger partial charge in [-0.15, -0.1) is 0 Å². The van der Waals surface area contributed by atoms with E-state index in [9.17, 15) is 5.11 Å². The van der Waals surface area contributed by atoms with Crippen molar-refractivity contribution in [1.82, 2.24) is 4.90 Å². The molecule has 0 saturated carbocycles. The van der Waals surface area contributed by atoms with Crippen molar-refractivity contribution < 1.29 is 5.11 Å². The van der Waals surface area contributed by atoms with Crippen LogP contribution in [0.25, 0.3) is 0 Å². The first-order valence-corrected chi connectivity index (χ1v) is 8.94. The smallest absolute Gasteiger partial charge is 0.0644 e. The zero-order valence-corrected chi connectivity index (χ0v) is 10.4. The topological polar surface area (TPSA) is 23.5 Å². The number of likely N-dealkylation sites (tertiary alicyclic amines) is 1. The first-order valence-electron chi connectivity index (χ1n) is 5.23. The summed E-state index contributed by atoms with van der Waals surface area (Å²) in [5, 5.41) is 9.78. The van der Waals surface area contributed by atoms with Crippen molar-refractivity contribution in [2.24, 2.45) is 0 Å². The summed E-state index contributed by atoms with van der Waals surface area (Å²) in [6.45, 7) is 11.3. The average Bonchev–Trinajstić information content (AvgIpc) is 1.91. The molecule has 0 spiro atoms. The first-order chi connectivity index (χ1) is 5.79. The molecular weight excluding hydrogens is 178 g/mol. The minimum Gasteiger partial charge on any atom is -0.390 e. The van der Waals surface area contributed by atoms with Gasteiger partial charge in [-0.05, 0) is 25.9 Å². The van der Waals surface area contributed by atoms with E-state index in [4.69, 9.17) is 0 Å². The molecule has 1 fully saturated rings. The zero-order valence-electron chi connectivity index (χ0n) is 9.43. The minimum atomic E-state index is -0.947. The van der Waals surface area contributed by atoms with E-state index in [1.54, 1.807) is 0 Å². The predicted molar refractivity (Wildman–Crippen MR) is 59.6 cm³/mol. The predicted octanol–water partition coefficient (Wildman–Crippen LogP) is 1.71. The Balaban J connectivity index is 2.34. The number of piperidine rings is 1. The van der Waals surface area contributed by atoms with Gasteiger partial charge in [-0.2, -0.15) is 0 Å². The normalized spacial score (nSPS) is 24.7. The molecule has 2 nitrogen and oxygen atoms in total. The van der Waals surface area contributed by atoms with E-state index in [1.165, 1.54) is 6.17 Å². The second-order valence-electron chi connectivity index (χ2n) is 5.83. The van der Waals surface area contributed by atoms with Gasteiger partial charge in [-0.1, -0.05) is 19.6 Å². The van der Waals surface area contributed by atoms with Crippen molar-refractivity contribution in [3.05, 3.63) is 0 Å². The molecule has 0 unspecified atom stereocenters. The first kappa shape index (κ1) is 11.2. The van der Waals surface area contributed by atoms with Crippen LogP contribution < -0.4 is 0 Å². The van der Waals surface area contributed by atoms with Gasteiger partial charge < -0.3 is 10.0 Å². The maximum atomic E-state index is 9.78. The molecule has 3 heteroatoms. The highest BCUT2D eigenvalue weighted by molar-refractivity contribution is 6.76. The molecular formula is C10H23NOSi. The SMILES string of the molecule is CC1(O)CCN(C[Si](C)(C)C)CC1. The standard InChI is InChI=1S/C10H23NOSi/c1-10(12)5-7-11(8-6-10)9-13(2,3)4/h12H,5-9H2,1-4H3. The Labute approximate surface area is 83.0 Å². The van der Waals surface area contributed by atoms with E-state index < -0.39 is 13.7 Å². The second kappa shape index (κ2) is 3.71. The lowest BCUT2D eigenvalue weighted by molar-refractivity contribution is -0.00140. The Kier molecular flexibility index (Phi) is 3.20. The van der Waals surface area contributed by atoms with E-state index >= 15 is 0 Å². The molecule has 1 heterocycles. The van der Waals surface area contributed by atoms with Crippen LogP contribution in [0.3, 0.4) is 0 Å². The number of nitrogens with zero attached hydrogens (tertiary/aromatic N) is 1. The fraction of sp³-hybridized carbons (Fsp3) is 1.00. The van der Waals surface area contributed by atoms with Gasteiger partial charge in [0.2, 0.25) is 0 Å². The zero-order chi connectivity index (χ0) is 10.1. The van der Waals surface area contributed by atoms with Crippen LogP contribution in [0.4, 0.5) is 0 Å². The molecule has 0 radical (unpaired) electrons.